The van der Waals surface area contributed by atoms with Crippen molar-refractivity contribution in [2.75, 3.05) is 5.32 Å². The lowest BCUT2D eigenvalue weighted by atomic mass is 10.2. The lowest BCUT2D eigenvalue weighted by molar-refractivity contribution is -0.394. The van der Waals surface area contributed by atoms with E-state index in [9.17, 15) is 20.2 Å². The van der Waals surface area contributed by atoms with Gasteiger partial charge >= 0.3 is 5.69 Å². The van der Waals surface area contributed by atoms with E-state index in [0.29, 0.717) is 5.69 Å². The van der Waals surface area contributed by atoms with Gasteiger partial charge in [-0.3, -0.25) is 20.2 Å². The van der Waals surface area contributed by atoms with Gasteiger partial charge in [0, 0.05) is 5.69 Å². The third kappa shape index (κ3) is 2.86. The highest BCUT2D eigenvalue weighted by Gasteiger charge is 2.21. The van der Waals surface area contributed by atoms with Crippen molar-refractivity contribution >= 4 is 22.9 Å². The third-order valence-electron chi connectivity index (χ3n) is 2.54. The van der Waals surface area contributed by atoms with Crippen LogP contribution in [-0.4, -0.2) is 14.8 Å². The molecule has 1 aromatic carbocycles. The van der Waals surface area contributed by atoms with Gasteiger partial charge in [0.2, 0.25) is 5.82 Å². The van der Waals surface area contributed by atoms with Crippen LogP contribution < -0.4 is 5.32 Å². The minimum Gasteiger partial charge on any atom is -0.334 e. The van der Waals surface area contributed by atoms with E-state index in [4.69, 9.17) is 0 Å². The fourth-order valence-corrected chi connectivity index (χ4v) is 1.64. The molecule has 1 N–H and O–H groups in total. The van der Waals surface area contributed by atoms with Gasteiger partial charge in [-0.25, -0.2) is 4.98 Å². The Morgan fingerprint density at radius 3 is 2.50 bits per heavy atom. The maximum atomic E-state index is 11.0. The highest BCUT2D eigenvalue weighted by Crippen LogP contribution is 2.28. The summed E-state index contributed by atoms with van der Waals surface area (Å²) in [5.74, 6) is -0.0359. The van der Waals surface area contributed by atoms with E-state index in [-0.39, 0.29) is 5.82 Å². The van der Waals surface area contributed by atoms with Crippen LogP contribution in [0.4, 0.5) is 22.9 Å². The van der Waals surface area contributed by atoms with Gasteiger partial charge < -0.3 is 5.32 Å². The molecule has 2 aromatic rings. The molecular formula is C12H10N4O4. The summed E-state index contributed by atoms with van der Waals surface area (Å²) in [7, 11) is 0. The van der Waals surface area contributed by atoms with Gasteiger partial charge in [0.05, 0.1) is 15.9 Å². The molecule has 0 saturated heterocycles. The predicted octanol–water partition coefficient (Wildman–Crippen LogP) is 2.95. The summed E-state index contributed by atoms with van der Waals surface area (Å²) in [5.41, 5.74) is 0.723. The molecule has 0 fully saturated rings. The van der Waals surface area contributed by atoms with Crippen molar-refractivity contribution in [3.05, 3.63) is 62.3 Å². The molecule has 0 radical (unpaired) electrons. The topological polar surface area (TPSA) is 111 Å². The van der Waals surface area contributed by atoms with Gasteiger partial charge in [0.1, 0.15) is 6.20 Å². The summed E-state index contributed by atoms with van der Waals surface area (Å²) in [4.78, 5) is 23.9. The molecule has 8 nitrogen and oxygen atoms in total. The number of nitrogens with one attached hydrogen (secondary N) is 1. The average molecular weight is 274 g/mol. The van der Waals surface area contributed by atoms with Crippen molar-refractivity contribution in [1.29, 1.82) is 0 Å². The molecule has 0 spiro atoms. The lowest BCUT2D eigenvalue weighted by Crippen LogP contribution is -2.01. The van der Waals surface area contributed by atoms with Crippen LogP contribution in [0.3, 0.4) is 0 Å². The molecule has 0 saturated carbocycles. The number of anilines is 2. The number of rotatable bonds is 4. The van der Waals surface area contributed by atoms with Crippen LogP contribution in [0.1, 0.15) is 5.56 Å². The number of nitrogens with zero attached hydrogens (tertiary/aromatic N) is 3. The van der Waals surface area contributed by atoms with E-state index in [1.54, 1.807) is 18.2 Å². The van der Waals surface area contributed by atoms with Crippen LogP contribution in [0.2, 0.25) is 0 Å². The van der Waals surface area contributed by atoms with Crippen LogP contribution in [0.25, 0.3) is 0 Å². The third-order valence-corrected chi connectivity index (χ3v) is 2.54. The molecule has 0 unspecified atom stereocenters. The second-order valence-corrected chi connectivity index (χ2v) is 4.07. The Morgan fingerprint density at radius 2 is 1.90 bits per heavy atom. The second kappa shape index (κ2) is 5.31. The molecular weight excluding hydrogens is 264 g/mol. The molecule has 0 aliphatic heterocycles. The summed E-state index contributed by atoms with van der Waals surface area (Å²) in [6.45, 7) is 1.88. The number of aromatic nitrogens is 1. The molecule has 8 heteroatoms. The summed E-state index contributed by atoms with van der Waals surface area (Å²) in [5, 5.41) is 24.4. The Kier molecular flexibility index (Phi) is 3.56. The van der Waals surface area contributed by atoms with Gasteiger partial charge in [-0.05, 0) is 24.6 Å². The van der Waals surface area contributed by atoms with Gasteiger partial charge in [-0.1, -0.05) is 12.1 Å². The number of aryl methyl sites for hydroxylation is 1. The van der Waals surface area contributed by atoms with E-state index >= 15 is 0 Å². The first-order valence-electron chi connectivity index (χ1n) is 5.60. The van der Waals surface area contributed by atoms with E-state index in [1.165, 1.54) is 0 Å². The molecule has 0 atom stereocenters. The Balaban J connectivity index is 2.41. The second-order valence-electron chi connectivity index (χ2n) is 4.07. The molecule has 102 valence electrons. The first-order chi connectivity index (χ1) is 9.47. The maximum absolute atomic E-state index is 11.0. The number of pyridine rings is 1. The van der Waals surface area contributed by atoms with Crippen LogP contribution in [-0.2, 0) is 0 Å². The zero-order valence-electron chi connectivity index (χ0n) is 10.4. The standard InChI is InChI=1S/C12H10N4O4/c1-8-3-2-4-9(5-8)14-12-11(16(19)20)6-10(7-13-12)15(17)18/h2-7H,1H3,(H,13,14). The van der Waals surface area contributed by atoms with Crippen LogP contribution in [0, 0.1) is 27.2 Å². The molecule has 20 heavy (non-hydrogen) atoms. The van der Waals surface area contributed by atoms with Crippen molar-refractivity contribution in [3.8, 4) is 0 Å². The smallest absolute Gasteiger partial charge is 0.318 e. The SMILES string of the molecule is Cc1cccc(Nc2ncc([N+](=O)[O-])cc2[N+](=O)[O-])c1. The minimum atomic E-state index is -0.726. The Hall–Kier alpha value is -3.03. The highest BCUT2D eigenvalue weighted by molar-refractivity contribution is 5.67. The minimum absolute atomic E-state index is 0.0359. The van der Waals surface area contributed by atoms with Gasteiger partial charge in [-0.15, -0.1) is 0 Å². The van der Waals surface area contributed by atoms with Gasteiger partial charge in [0.15, 0.2) is 0 Å². The molecule has 1 aromatic heterocycles. The van der Waals surface area contributed by atoms with Gasteiger partial charge in [-0.2, -0.15) is 0 Å². The van der Waals surface area contributed by atoms with E-state index in [1.807, 2.05) is 13.0 Å². The van der Waals surface area contributed by atoms with E-state index in [2.05, 4.69) is 10.3 Å². The van der Waals surface area contributed by atoms with Crippen molar-refractivity contribution in [2.45, 2.75) is 6.92 Å². The summed E-state index contributed by atoms with van der Waals surface area (Å²) in [6.07, 6.45) is 0.977. The average Bonchev–Trinajstić information content (AvgIpc) is 2.38. The first kappa shape index (κ1) is 13.4. The van der Waals surface area contributed by atoms with E-state index in [0.717, 1.165) is 17.8 Å². The Morgan fingerprint density at radius 1 is 1.15 bits per heavy atom. The lowest BCUT2D eigenvalue weighted by Gasteiger charge is -2.06. The number of benzene rings is 1. The highest BCUT2D eigenvalue weighted by atomic mass is 16.6. The Bertz CT molecular complexity index is 687. The van der Waals surface area contributed by atoms with Crippen molar-refractivity contribution in [3.63, 3.8) is 0 Å². The number of hydrogen-bond acceptors (Lipinski definition) is 6. The van der Waals surface area contributed by atoms with Gasteiger partial charge in [0.25, 0.3) is 5.69 Å². The van der Waals surface area contributed by atoms with Crippen molar-refractivity contribution in [1.82, 2.24) is 4.98 Å². The van der Waals surface area contributed by atoms with Crippen LogP contribution in [0.5, 0.6) is 0 Å². The maximum Gasteiger partial charge on any atom is 0.318 e. The molecule has 0 aliphatic carbocycles. The fraction of sp³-hybridized carbons (Fsp3) is 0.0833. The molecule has 0 aliphatic rings. The first-order valence-corrected chi connectivity index (χ1v) is 5.60. The molecule has 1 heterocycles. The number of hydrogen-bond donors (Lipinski definition) is 1. The fourth-order valence-electron chi connectivity index (χ4n) is 1.64. The molecule has 0 amide bonds. The van der Waals surface area contributed by atoms with Crippen LogP contribution >= 0.6 is 0 Å². The monoisotopic (exact) mass is 274 g/mol. The number of nitro groups is 2. The zero-order chi connectivity index (χ0) is 14.7. The summed E-state index contributed by atoms with van der Waals surface area (Å²) in [6, 6.07) is 8.05. The largest absolute Gasteiger partial charge is 0.334 e. The van der Waals surface area contributed by atoms with Crippen molar-refractivity contribution in [2.24, 2.45) is 0 Å². The molecule has 0 bridgehead atoms. The zero-order valence-corrected chi connectivity index (χ0v) is 10.4. The molecule has 2 rings (SSSR count). The normalized spacial score (nSPS) is 10.1. The quantitative estimate of drug-likeness (QED) is 0.677. The Labute approximate surface area is 113 Å². The van der Waals surface area contributed by atoms with E-state index < -0.39 is 21.2 Å². The summed E-state index contributed by atoms with van der Waals surface area (Å²) >= 11 is 0. The van der Waals surface area contributed by atoms with Crippen molar-refractivity contribution < 1.29 is 9.85 Å². The predicted molar refractivity (Wildman–Crippen MR) is 72.0 cm³/mol. The van der Waals surface area contributed by atoms with Crippen LogP contribution in [0.15, 0.2) is 36.5 Å². The summed E-state index contributed by atoms with van der Waals surface area (Å²) < 4.78 is 0.